The zero-order chi connectivity index (χ0) is 52.4. The fraction of sp³-hybridized carbons (Fsp3) is 0.200. The maximum absolute atomic E-state index is 12.6. The van der Waals surface area contributed by atoms with Crippen LogP contribution >= 0.6 is 0 Å². The summed E-state index contributed by atoms with van der Waals surface area (Å²) in [5.41, 5.74) is -0.656. The molecule has 2 aromatic heterocycles. The van der Waals surface area contributed by atoms with Gasteiger partial charge in [0.1, 0.15) is 40.5 Å². The van der Waals surface area contributed by atoms with E-state index in [9.17, 15) is 72.3 Å². The van der Waals surface area contributed by atoms with Crippen LogP contribution in [-0.4, -0.2) is 155 Å². The molecule has 6 rings (SSSR count). The Kier molecular flexibility index (Phi) is 27.7. The Morgan fingerprint density at radius 2 is 0.697 bits per heavy atom. The minimum Gasteiger partial charge on any atom is -0.744 e. The molecule has 36 heteroatoms. The summed E-state index contributed by atoms with van der Waals surface area (Å²) in [6.45, 7) is -1.99. The molecule has 0 saturated heterocycles. The maximum Gasteiger partial charge on any atom is 1.00 e. The Hall–Kier alpha value is -3.08. The molecule has 4 aromatic carbocycles. The van der Waals surface area contributed by atoms with E-state index in [1.165, 1.54) is 46.2 Å². The molecule has 0 amide bonds. The van der Waals surface area contributed by atoms with E-state index in [-0.39, 0.29) is 214 Å². The van der Waals surface area contributed by atoms with Crippen molar-refractivity contribution in [2.75, 3.05) is 83.7 Å². The van der Waals surface area contributed by atoms with Crippen LogP contribution in [0, 0.1) is 0 Å². The van der Waals surface area contributed by atoms with Gasteiger partial charge in [0.2, 0.25) is 35.7 Å². The van der Waals surface area contributed by atoms with Crippen molar-refractivity contribution in [1.82, 2.24) is 29.9 Å². The third-order valence-electron chi connectivity index (χ3n) is 9.57. The van der Waals surface area contributed by atoms with E-state index in [2.05, 4.69) is 51.2 Å². The van der Waals surface area contributed by atoms with E-state index in [4.69, 9.17) is 0 Å². The fourth-order valence-electron chi connectivity index (χ4n) is 6.43. The average Bonchev–Trinajstić information content (AvgIpc) is 3.30. The largest absolute Gasteiger partial charge is 1.00 e. The second kappa shape index (κ2) is 30.5. The van der Waals surface area contributed by atoms with E-state index < -0.39 is 86.5 Å². The molecular weight excluding hydrogens is 1120 g/mol. The van der Waals surface area contributed by atoms with Crippen LogP contribution < -0.4 is 149 Å². The van der Waals surface area contributed by atoms with Crippen LogP contribution in [0.15, 0.2) is 105 Å². The van der Waals surface area contributed by atoms with Gasteiger partial charge < -0.3 is 69.7 Å². The Balaban J connectivity index is 0.00000494. The monoisotopic (exact) mass is 1160 g/mol. The van der Waals surface area contributed by atoms with Crippen LogP contribution in [0.25, 0.3) is 12.2 Å². The second-order valence-corrected chi connectivity index (χ2v) is 20.1. The van der Waals surface area contributed by atoms with Gasteiger partial charge >= 0.3 is 118 Å². The van der Waals surface area contributed by atoms with Crippen molar-refractivity contribution in [3.8, 4) is 0 Å². The fourth-order valence-corrected chi connectivity index (χ4v) is 8.85. The summed E-state index contributed by atoms with van der Waals surface area (Å²) in [5, 5.41) is 49.5. The van der Waals surface area contributed by atoms with Crippen LogP contribution in [0.2, 0.25) is 0 Å². The van der Waals surface area contributed by atoms with Crippen LogP contribution in [0.4, 0.5) is 58.4 Å². The molecule has 0 aliphatic carbocycles. The molecule has 0 aliphatic rings. The van der Waals surface area contributed by atoms with Gasteiger partial charge in [0.05, 0.1) is 46.0 Å². The minimum absolute atomic E-state index is 0. The number of nitrogens with zero attached hydrogens (tertiary/aromatic N) is 8. The molecule has 0 unspecified atom stereocenters. The van der Waals surface area contributed by atoms with Gasteiger partial charge in [-0.25, -0.2) is 33.7 Å². The van der Waals surface area contributed by atoms with Gasteiger partial charge in [-0.1, -0.05) is 36.4 Å². The molecule has 28 nitrogen and oxygen atoms in total. The standard InChI is InChI=1S/C40H44N12O16S4.4Na/c53-17-13-51(14-18-54)39-47-35(41-27-3-1-5-31(21-27)69(57,58)59)45-37(49-39)43-29-11-9-25(33(23-29)71(63,64)65)7-8-26-10-12-30(24-34(26)72(66,67)68)44-38-46-36(48-40(50-38)52(15-19-55)16-20-56)42-28-4-2-6-32(22-28)70(60,61)62;;;;/h1-12,21-24,53-56H,13-20H2,(H,57,58,59)(H,60,61,62)(H,63,64,65)(H,66,67,68)(H2,41,43,45,47,49)(H2,42,44,46,48,50);;;;/q;4*+1/p-4. The van der Waals surface area contributed by atoms with E-state index in [1.807, 2.05) is 0 Å². The first kappa shape index (κ1) is 69.0. The summed E-state index contributed by atoms with van der Waals surface area (Å²) in [6.07, 6.45) is 2.10. The van der Waals surface area contributed by atoms with Crippen molar-refractivity contribution in [1.29, 1.82) is 0 Å². The summed E-state index contributed by atoms with van der Waals surface area (Å²) >= 11 is 0. The first-order valence-corrected chi connectivity index (χ1v) is 26.1. The van der Waals surface area contributed by atoms with Gasteiger partial charge in [0.15, 0.2) is 0 Å². The quantitative estimate of drug-likeness (QED) is 0.0158. The number of aliphatic hydroxyl groups is 4. The van der Waals surface area contributed by atoms with Gasteiger partial charge in [-0.2, -0.15) is 29.9 Å². The van der Waals surface area contributed by atoms with E-state index in [0.717, 1.165) is 60.7 Å². The van der Waals surface area contributed by atoms with Gasteiger partial charge in [-0.05, 0) is 71.8 Å². The summed E-state index contributed by atoms with van der Waals surface area (Å²) in [6, 6.07) is 16.1. The first-order valence-electron chi connectivity index (χ1n) is 20.5. The van der Waals surface area contributed by atoms with Gasteiger partial charge in [0.25, 0.3) is 0 Å². The Labute approximate surface area is 524 Å². The number of aromatic nitrogens is 6. The van der Waals surface area contributed by atoms with E-state index >= 15 is 0 Å². The molecular formula is C40H40N12Na4O16S4. The maximum atomic E-state index is 12.6. The number of hydrogen-bond donors (Lipinski definition) is 8. The number of hydrogen-bond acceptors (Lipinski definition) is 28. The number of nitrogens with one attached hydrogen (secondary N) is 4. The predicted octanol–water partition coefficient (Wildman–Crippen LogP) is -11.6. The number of aliphatic hydroxyl groups excluding tert-OH is 4. The molecule has 2 heterocycles. The molecule has 0 aliphatic heterocycles. The van der Waals surface area contributed by atoms with Crippen molar-refractivity contribution in [3.63, 3.8) is 0 Å². The molecule has 76 heavy (non-hydrogen) atoms. The average molecular weight is 1170 g/mol. The molecule has 0 saturated carbocycles. The van der Waals surface area contributed by atoms with Crippen LogP contribution in [0.5, 0.6) is 0 Å². The summed E-state index contributed by atoms with van der Waals surface area (Å²) in [4.78, 5) is 25.3. The molecule has 0 atom stereocenters. The number of benzene rings is 4. The number of anilines is 10. The summed E-state index contributed by atoms with van der Waals surface area (Å²) in [7, 11) is -20.4. The van der Waals surface area contributed by atoms with Crippen molar-refractivity contribution in [2.24, 2.45) is 0 Å². The Bertz CT molecular complexity index is 3220. The van der Waals surface area contributed by atoms with Crippen molar-refractivity contribution in [3.05, 3.63) is 96.1 Å². The molecule has 384 valence electrons. The minimum atomic E-state index is -5.31. The van der Waals surface area contributed by atoms with Gasteiger partial charge in [-0.3, -0.25) is 0 Å². The van der Waals surface area contributed by atoms with Gasteiger partial charge in [-0.15, -0.1) is 0 Å². The zero-order valence-corrected chi connectivity index (χ0v) is 52.1. The molecule has 6 aromatic rings. The Morgan fingerprint density at radius 3 is 0.961 bits per heavy atom. The number of rotatable bonds is 24. The molecule has 0 fully saturated rings. The third kappa shape index (κ3) is 19.9. The molecule has 0 bridgehead atoms. The van der Waals surface area contributed by atoms with Crippen LogP contribution in [0.1, 0.15) is 11.1 Å². The third-order valence-corrected chi connectivity index (χ3v) is 13.0. The molecule has 0 radical (unpaired) electrons. The predicted molar refractivity (Wildman–Crippen MR) is 252 cm³/mol. The second-order valence-electron chi connectivity index (χ2n) is 14.6. The smallest absolute Gasteiger partial charge is 0.744 e. The normalized spacial score (nSPS) is 11.5. The summed E-state index contributed by atoms with van der Waals surface area (Å²) < 4.78 is 146. The van der Waals surface area contributed by atoms with Crippen LogP contribution in [0.3, 0.4) is 0 Å². The SMILES string of the molecule is O=S(=O)([O-])c1cccc(Nc2nc(Nc3ccc(C=Cc4ccc(Nc5nc(Nc6cccc(S(=O)(=O)[O-])c6)nc(N(CCO)CCO)n5)cc4S(=O)(=O)[O-])c(S(=O)(=O)[O-])c3)nc(N(CCO)CCO)n2)c1.[Na+].[Na+].[Na+].[Na+]. The summed E-state index contributed by atoms with van der Waals surface area (Å²) in [5.74, 6) is -1.40. The van der Waals surface area contributed by atoms with Crippen LogP contribution in [-0.2, 0) is 40.5 Å². The van der Waals surface area contributed by atoms with Crippen molar-refractivity contribution in [2.45, 2.75) is 19.6 Å². The molecule has 0 spiro atoms. The topological polar surface area (TPSA) is 442 Å². The van der Waals surface area contributed by atoms with E-state index in [0.29, 0.717) is 0 Å². The van der Waals surface area contributed by atoms with E-state index in [1.54, 1.807) is 0 Å². The Morgan fingerprint density at radius 1 is 0.408 bits per heavy atom. The first-order chi connectivity index (χ1) is 34.0. The zero-order valence-electron chi connectivity index (χ0n) is 40.8. The molecule has 8 N–H and O–H groups in total. The van der Waals surface area contributed by atoms with Gasteiger partial charge in [0, 0.05) is 48.9 Å². The van der Waals surface area contributed by atoms with Crippen molar-refractivity contribution < 1.29 is 191 Å². The van der Waals surface area contributed by atoms with Crippen molar-refractivity contribution >= 4 is 111 Å².